The first kappa shape index (κ1) is 23.1. The van der Waals surface area contributed by atoms with Crippen LogP contribution in [0.1, 0.15) is 50.7 Å². The molecular weight excluding hydrogens is 420 g/mol. The Balaban J connectivity index is 1.76. The summed E-state index contributed by atoms with van der Waals surface area (Å²) in [5.41, 5.74) is -1.12. The molecule has 1 amide bonds. The second-order valence-electron chi connectivity index (χ2n) is 8.19. The van der Waals surface area contributed by atoms with Crippen LogP contribution in [0, 0.1) is 5.41 Å². The Bertz CT molecular complexity index is 1060. The number of carbonyl (C=O) groups is 3. The zero-order chi connectivity index (χ0) is 23.5. The van der Waals surface area contributed by atoms with Gasteiger partial charge in [0.15, 0.2) is 6.10 Å². The molecule has 3 atom stereocenters. The van der Waals surface area contributed by atoms with E-state index in [1.807, 2.05) is 0 Å². The largest absolute Gasteiger partial charge is 0.452 e. The van der Waals surface area contributed by atoms with Crippen molar-refractivity contribution < 1.29 is 28.6 Å². The second-order valence-corrected chi connectivity index (χ2v) is 8.19. The van der Waals surface area contributed by atoms with Crippen LogP contribution in [0.5, 0.6) is 0 Å². The zero-order valence-corrected chi connectivity index (χ0v) is 18.1. The van der Waals surface area contributed by atoms with Crippen molar-refractivity contribution in [1.82, 2.24) is 14.5 Å². The zero-order valence-electron chi connectivity index (χ0n) is 18.1. The van der Waals surface area contributed by atoms with Crippen molar-refractivity contribution in [1.29, 1.82) is 0 Å². The molecule has 1 saturated heterocycles. The number of nitrogens with one attached hydrogen (secondary N) is 1. The van der Waals surface area contributed by atoms with Crippen LogP contribution in [0.2, 0.25) is 0 Å². The van der Waals surface area contributed by atoms with Crippen molar-refractivity contribution in [3.05, 3.63) is 52.7 Å². The fourth-order valence-corrected chi connectivity index (χ4v) is 2.83. The van der Waals surface area contributed by atoms with E-state index in [9.17, 15) is 19.2 Å². The number of rotatable bonds is 5. The first-order chi connectivity index (χ1) is 15.0. The Labute approximate surface area is 183 Å². The van der Waals surface area contributed by atoms with Gasteiger partial charge >= 0.3 is 17.6 Å². The van der Waals surface area contributed by atoms with E-state index < -0.39 is 41.7 Å². The molecule has 170 valence electrons. The molecule has 0 radical (unpaired) electrons. The summed E-state index contributed by atoms with van der Waals surface area (Å²) in [5, 5.41) is 2.47. The summed E-state index contributed by atoms with van der Waals surface area (Å²) in [4.78, 5) is 56.2. The van der Waals surface area contributed by atoms with Gasteiger partial charge in [-0.05, 0) is 12.1 Å². The van der Waals surface area contributed by atoms with Crippen LogP contribution >= 0.6 is 0 Å². The number of hydrogen-bond acceptors (Lipinski definition) is 9. The second kappa shape index (κ2) is 9.27. The van der Waals surface area contributed by atoms with Crippen molar-refractivity contribution in [2.75, 3.05) is 5.32 Å². The van der Waals surface area contributed by atoms with Crippen molar-refractivity contribution in [2.24, 2.45) is 5.41 Å². The van der Waals surface area contributed by atoms with Crippen LogP contribution in [0.15, 0.2) is 41.5 Å². The third-order valence-corrected chi connectivity index (χ3v) is 4.52. The number of amides is 1. The molecule has 0 saturated carbocycles. The molecule has 11 heteroatoms. The van der Waals surface area contributed by atoms with Crippen LogP contribution in [-0.4, -0.2) is 44.8 Å². The average Bonchev–Trinajstić information content (AvgIpc) is 3.09. The molecule has 1 fully saturated rings. The van der Waals surface area contributed by atoms with Crippen LogP contribution in [-0.2, 0) is 23.8 Å². The SMILES string of the molecule is CC(=O)OC1O[C@@H](n2cnc(NC(=O)C(C)(C)C)nc2=O)C[C@@H]1OC(=O)c1ccccc1. The van der Waals surface area contributed by atoms with Gasteiger partial charge in [0.2, 0.25) is 18.1 Å². The van der Waals surface area contributed by atoms with Crippen LogP contribution in [0.4, 0.5) is 5.95 Å². The summed E-state index contributed by atoms with van der Waals surface area (Å²) >= 11 is 0. The Hall–Kier alpha value is -3.60. The van der Waals surface area contributed by atoms with Crippen LogP contribution in [0.25, 0.3) is 0 Å². The number of nitrogens with zero attached hydrogens (tertiary/aromatic N) is 3. The Morgan fingerprint density at radius 1 is 1.16 bits per heavy atom. The molecule has 1 aliphatic heterocycles. The molecular formula is C21H24N4O7. The highest BCUT2D eigenvalue weighted by molar-refractivity contribution is 5.92. The monoisotopic (exact) mass is 444 g/mol. The molecule has 3 rings (SSSR count). The van der Waals surface area contributed by atoms with Crippen molar-refractivity contribution in [3.8, 4) is 0 Å². The minimum atomic E-state index is -1.21. The van der Waals surface area contributed by atoms with Crippen LogP contribution in [0.3, 0.4) is 0 Å². The van der Waals surface area contributed by atoms with Gasteiger partial charge in [0, 0.05) is 18.8 Å². The van der Waals surface area contributed by atoms with Gasteiger partial charge in [-0.3, -0.25) is 19.5 Å². The molecule has 11 nitrogen and oxygen atoms in total. The number of hydrogen-bond donors (Lipinski definition) is 1. The Morgan fingerprint density at radius 2 is 1.84 bits per heavy atom. The fourth-order valence-electron chi connectivity index (χ4n) is 2.83. The van der Waals surface area contributed by atoms with E-state index in [0.717, 1.165) is 10.9 Å². The maximum Gasteiger partial charge on any atom is 0.354 e. The molecule has 2 aromatic rings. The minimum absolute atomic E-state index is 0.0213. The van der Waals surface area contributed by atoms with Crippen molar-refractivity contribution in [2.45, 2.75) is 52.7 Å². The van der Waals surface area contributed by atoms with Crippen molar-refractivity contribution in [3.63, 3.8) is 0 Å². The predicted molar refractivity (Wildman–Crippen MR) is 110 cm³/mol. The normalized spacial score (nSPS) is 20.4. The number of anilines is 1. The third-order valence-electron chi connectivity index (χ3n) is 4.52. The molecule has 32 heavy (non-hydrogen) atoms. The summed E-state index contributed by atoms with van der Waals surface area (Å²) < 4.78 is 17.3. The maximum absolute atomic E-state index is 12.5. The number of carbonyl (C=O) groups excluding carboxylic acids is 3. The van der Waals surface area contributed by atoms with Gasteiger partial charge in [-0.15, -0.1) is 0 Å². The molecule has 0 bridgehead atoms. The lowest BCUT2D eigenvalue weighted by Crippen LogP contribution is -2.32. The predicted octanol–water partition coefficient (Wildman–Crippen LogP) is 1.66. The molecule has 0 spiro atoms. The molecule has 2 heterocycles. The first-order valence-electron chi connectivity index (χ1n) is 9.90. The van der Waals surface area contributed by atoms with E-state index in [-0.39, 0.29) is 18.3 Å². The van der Waals surface area contributed by atoms with Crippen LogP contribution < -0.4 is 11.0 Å². The summed E-state index contributed by atoms with van der Waals surface area (Å²) in [7, 11) is 0. The van der Waals surface area contributed by atoms with E-state index in [4.69, 9.17) is 14.2 Å². The van der Waals surface area contributed by atoms with E-state index in [0.29, 0.717) is 5.56 Å². The number of esters is 2. The molecule has 1 unspecified atom stereocenters. The van der Waals surface area contributed by atoms with Gasteiger partial charge < -0.3 is 14.2 Å². The van der Waals surface area contributed by atoms with Gasteiger partial charge in [-0.1, -0.05) is 39.0 Å². The maximum atomic E-state index is 12.5. The van der Waals surface area contributed by atoms with Gasteiger partial charge in [-0.25, -0.2) is 14.6 Å². The van der Waals surface area contributed by atoms with E-state index >= 15 is 0 Å². The fraction of sp³-hybridized carbons (Fsp3) is 0.429. The van der Waals surface area contributed by atoms with Gasteiger partial charge in [0.25, 0.3) is 0 Å². The molecule has 0 aliphatic carbocycles. The lowest BCUT2D eigenvalue weighted by molar-refractivity contribution is -0.191. The molecule has 1 aromatic carbocycles. The van der Waals surface area contributed by atoms with Crippen molar-refractivity contribution >= 4 is 23.8 Å². The Morgan fingerprint density at radius 3 is 2.44 bits per heavy atom. The third kappa shape index (κ3) is 5.55. The smallest absolute Gasteiger partial charge is 0.354 e. The highest BCUT2D eigenvalue weighted by Crippen LogP contribution is 2.31. The summed E-state index contributed by atoms with van der Waals surface area (Å²) in [6.07, 6.45) is -1.94. The van der Waals surface area contributed by atoms with E-state index in [1.54, 1.807) is 51.1 Å². The molecule has 1 N–H and O–H groups in total. The molecule has 1 aromatic heterocycles. The lowest BCUT2D eigenvalue weighted by atomic mass is 9.96. The first-order valence-corrected chi connectivity index (χ1v) is 9.90. The molecule has 1 aliphatic rings. The van der Waals surface area contributed by atoms with E-state index in [2.05, 4.69) is 15.3 Å². The summed E-state index contributed by atoms with van der Waals surface area (Å²) in [6.45, 7) is 6.32. The Kier molecular flexibility index (Phi) is 6.68. The number of ether oxygens (including phenoxy) is 3. The van der Waals surface area contributed by atoms with E-state index in [1.165, 1.54) is 6.92 Å². The quantitative estimate of drug-likeness (QED) is 0.682. The average molecular weight is 444 g/mol. The summed E-state index contributed by atoms with van der Waals surface area (Å²) in [6, 6.07) is 8.29. The topological polar surface area (TPSA) is 139 Å². The van der Waals surface area contributed by atoms with Gasteiger partial charge in [-0.2, -0.15) is 4.98 Å². The number of benzene rings is 1. The highest BCUT2D eigenvalue weighted by Gasteiger charge is 2.42. The van der Waals surface area contributed by atoms with Gasteiger partial charge in [0.1, 0.15) is 12.6 Å². The number of aromatic nitrogens is 3. The lowest BCUT2D eigenvalue weighted by Gasteiger charge is -2.18. The van der Waals surface area contributed by atoms with Gasteiger partial charge in [0.05, 0.1) is 5.56 Å². The highest BCUT2D eigenvalue weighted by atomic mass is 16.7. The standard InChI is InChI=1S/C21H24N4O7/c1-12(26)30-17-14(31-16(27)13-8-6-5-7-9-13)10-15(32-17)25-11-22-19(24-20(25)29)23-18(28)21(2,3)4/h5-9,11,14-15,17H,10H2,1-4H3,(H,23,24,28,29)/t14-,15+,17?/m0/s1. The summed E-state index contributed by atoms with van der Waals surface area (Å²) in [5.74, 6) is -1.76. The minimum Gasteiger partial charge on any atom is -0.452 e.